The van der Waals surface area contributed by atoms with Gasteiger partial charge in [0.25, 0.3) is 5.56 Å². The van der Waals surface area contributed by atoms with Gasteiger partial charge in [0.1, 0.15) is 0 Å². The fourth-order valence-corrected chi connectivity index (χ4v) is 3.26. The van der Waals surface area contributed by atoms with Crippen molar-refractivity contribution in [2.24, 2.45) is 0 Å². The van der Waals surface area contributed by atoms with Crippen molar-refractivity contribution in [3.63, 3.8) is 0 Å². The standard InChI is InChI=1S/C19H18N2OS/c1-4-11-23-19-20-16-8-6-5-7-15(16)18(22)21(19)17-12-13(2)9-10-14(17)3/h4-10,12H,1,11H2,2-3H3. The van der Waals surface area contributed by atoms with Crippen molar-refractivity contribution < 1.29 is 0 Å². The second-order valence-corrected chi connectivity index (χ2v) is 6.43. The maximum absolute atomic E-state index is 13.1. The van der Waals surface area contributed by atoms with Crippen molar-refractivity contribution in [1.29, 1.82) is 0 Å². The van der Waals surface area contributed by atoms with E-state index in [4.69, 9.17) is 4.98 Å². The molecular weight excluding hydrogens is 304 g/mol. The number of thioether (sulfide) groups is 1. The third kappa shape index (κ3) is 2.94. The predicted molar refractivity (Wildman–Crippen MR) is 97.7 cm³/mol. The molecule has 2 aromatic carbocycles. The Hall–Kier alpha value is -2.33. The molecular formula is C19H18N2OS. The fourth-order valence-electron chi connectivity index (χ4n) is 2.52. The van der Waals surface area contributed by atoms with Crippen LogP contribution < -0.4 is 5.56 Å². The number of fused-ring (bicyclic) bond motifs is 1. The van der Waals surface area contributed by atoms with Gasteiger partial charge in [-0.3, -0.25) is 9.36 Å². The molecule has 0 aliphatic rings. The van der Waals surface area contributed by atoms with Gasteiger partial charge in [-0.15, -0.1) is 6.58 Å². The van der Waals surface area contributed by atoms with Crippen molar-refractivity contribution >= 4 is 22.7 Å². The van der Waals surface area contributed by atoms with Crippen molar-refractivity contribution in [3.05, 3.63) is 76.6 Å². The summed E-state index contributed by atoms with van der Waals surface area (Å²) in [6, 6.07) is 13.6. The first kappa shape index (κ1) is 15.6. The molecule has 0 bridgehead atoms. The van der Waals surface area contributed by atoms with Crippen LogP contribution >= 0.6 is 11.8 Å². The zero-order chi connectivity index (χ0) is 16.4. The first-order chi connectivity index (χ1) is 11.1. The summed E-state index contributed by atoms with van der Waals surface area (Å²) in [5, 5.41) is 1.33. The number of rotatable bonds is 4. The van der Waals surface area contributed by atoms with E-state index in [0.717, 1.165) is 22.3 Å². The molecule has 0 fully saturated rings. The topological polar surface area (TPSA) is 34.9 Å². The summed E-state index contributed by atoms with van der Waals surface area (Å²) in [7, 11) is 0. The molecule has 3 aromatic rings. The smallest absolute Gasteiger partial charge is 0.266 e. The van der Waals surface area contributed by atoms with E-state index in [1.807, 2.05) is 56.3 Å². The van der Waals surface area contributed by atoms with Gasteiger partial charge in [0.05, 0.1) is 16.6 Å². The minimum Gasteiger partial charge on any atom is -0.268 e. The van der Waals surface area contributed by atoms with E-state index < -0.39 is 0 Å². The molecule has 0 amide bonds. The molecule has 0 spiro atoms. The number of benzene rings is 2. The molecule has 0 saturated heterocycles. The molecule has 3 rings (SSSR count). The van der Waals surface area contributed by atoms with Gasteiger partial charge in [0.15, 0.2) is 5.16 Å². The van der Waals surface area contributed by atoms with Crippen molar-refractivity contribution in [2.45, 2.75) is 19.0 Å². The van der Waals surface area contributed by atoms with E-state index in [2.05, 4.69) is 12.6 Å². The van der Waals surface area contributed by atoms with Crippen LogP contribution in [0.15, 0.2) is 65.1 Å². The van der Waals surface area contributed by atoms with Gasteiger partial charge in [-0.1, -0.05) is 42.1 Å². The Kier molecular flexibility index (Phi) is 4.35. The highest BCUT2D eigenvalue weighted by Crippen LogP contribution is 2.23. The average Bonchev–Trinajstić information content (AvgIpc) is 2.56. The molecule has 1 heterocycles. The molecule has 0 saturated carbocycles. The minimum absolute atomic E-state index is 0.0316. The molecule has 0 unspecified atom stereocenters. The molecule has 0 N–H and O–H groups in total. The van der Waals surface area contributed by atoms with Gasteiger partial charge < -0.3 is 0 Å². The lowest BCUT2D eigenvalue weighted by Crippen LogP contribution is -2.22. The molecule has 0 aliphatic heterocycles. The Labute approximate surface area is 139 Å². The minimum atomic E-state index is -0.0316. The fraction of sp³-hybridized carbons (Fsp3) is 0.158. The highest BCUT2D eigenvalue weighted by Gasteiger charge is 2.14. The van der Waals surface area contributed by atoms with Gasteiger partial charge in [-0.25, -0.2) is 4.98 Å². The van der Waals surface area contributed by atoms with Crippen molar-refractivity contribution in [3.8, 4) is 5.69 Å². The molecule has 0 aliphatic carbocycles. The molecule has 0 atom stereocenters. The van der Waals surface area contributed by atoms with Crippen molar-refractivity contribution in [2.75, 3.05) is 5.75 Å². The lowest BCUT2D eigenvalue weighted by molar-refractivity contribution is 0.814. The largest absolute Gasteiger partial charge is 0.268 e. The first-order valence-corrected chi connectivity index (χ1v) is 8.43. The van der Waals surface area contributed by atoms with Crippen LogP contribution in [-0.2, 0) is 0 Å². The summed E-state index contributed by atoms with van der Waals surface area (Å²) in [6.07, 6.45) is 1.82. The summed E-state index contributed by atoms with van der Waals surface area (Å²) in [5.41, 5.74) is 3.75. The third-order valence-corrected chi connectivity index (χ3v) is 4.62. The van der Waals surface area contributed by atoms with E-state index in [-0.39, 0.29) is 5.56 Å². The van der Waals surface area contributed by atoms with E-state index in [1.165, 1.54) is 11.8 Å². The van der Waals surface area contributed by atoms with Crippen LogP contribution in [0.1, 0.15) is 11.1 Å². The predicted octanol–water partition coefficient (Wildman–Crippen LogP) is 4.28. The zero-order valence-corrected chi connectivity index (χ0v) is 14.1. The van der Waals surface area contributed by atoms with Crippen LogP contribution in [0.5, 0.6) is 0 Å². The van der Waals surface area contributed by atoms with Crippen LogP contribution in [0.4, 0.5) is 0 Å². The van der Waals surface area contributed by atoms with Gasteiger partial charge in [-0.2, -0.15) is 0 Å². The second kappa shape index (κ2) is 6.42. The number of aryl methyl sites for hydroxylation is 2. The van der Waals surface area contributed by atoms with Crippen LogP contribution in [0, 0.1) is 13.8 Å². The zero-order valence-electron chi connectivity index (χ0n) is 13.2. The van der Waals surface area contributed by atoms with E-state index in [1.54, 1.807) is 4.57 Å². The summed E-state index contributed by atoms with van der Waals surface area (Å²) < 4.78 is 1.72. The highest BCUT2D eigenvalue weighted by atomic mass is 32.2. The molecule has 116 valence electrons. The Bertz CT molecular complexity index is 944. The van der Waals surface area contributed by atoms with Crippen LogP contribution in [0.2, 0.25) is 0 Å². The number of hydrogen-bond acceptors (Lipinski definition) is 3. The maximum Gasteiger partial charge on any atom is 0.266 e. The number of para-hydroxylation sites is 1. The quantitative estimate of drug-likeness (QED) is 0.408. The Morgan fingerprint density at radius 3 is 2.78 bits per heavy atom. The monoisotopic (exact) mass is 322 g/mol. The van der Waals surface area contributed by atoms with Crippen LogP contribution in [0.25, 0.3) is 16.6 Å². The SMILES string of the molecule is C=CCSc1nc2ccccc2c(=O)n1-c1cc(C)ccc1C. The first-order valence-electron chi connectivity index (χ1n) is 7.45. The Morgan fingerprint density at radius 1 is 1.22 bits per heavy atom. The number of aromatic nitrogens is 2. The van der Waals surface area contributed by atoms with Gasteiger partial charge >= 0.3 is 0 Å². The summed E-state index contributed by atoms with van der Waals surface area (Å²) in [5.74, 6) is 0.704. The van der Waals surface area contributed by atoms with Gasteiger partial charge in [0.2, 0.25) is 0 Å². The highest BCUT2D eigenvalue weighted by molar-refractivity contribution is 7.99. The Balaban J connectivity index is 2.36. The average molecular weight is 322 g/mol. The lowest BCUT2D eigenvalue weighted by Gasteiger charge is -2.15. The third-order valence-electron chi connectivity index (χ3n) is 3.68. The molecule has 0 radical (unpaired) electrons. The summed E-state index contributed by atoms with van der Waals surface area (Å²) in [4.78, 5) is 17.8. The van der Waals surface area contributed by atoms with Crippen LogP contribution in [0.3, 0.4) is 0 Å². The number of nitrogens with zero attached hydrogens (tertiary/aromatic N) is 2. The van der Waals surface area contributed by atoms with Crippen LogP contribution in [-0.4, -0.2) is 15.3 Å². The lowest BCUT2D eigenvalue weighted by atomic mass is 10.1. The van der Waals surface area contributed by atoms with E-state index >= 15 is 0 Å². The second-order valence-electron chi connectivity index (χ2n) is 5.44. The van der Waals surface area contributed by atoms with Gasteiger partial charge in [-0.05, 0) is 43.2 Å². The molecule has 4 heteroatoms. The Morgan fingerprint density at radius 2 is 2.00 bits per heavy atom. The van der Waals surface area contributed by atoms with Gasteiger partial charge in [0, 0.05) is 5.75 Å². The molecule has 23 heavy (non-hydrogen) atoms. The number of hydrogen-bond donors (Lipinski definition) is 0. The maximum atomic E-state index is 13.1. The summed E-state index contributed by atoms with van der Waals surface area (Å²) >= 11 is 1.52. The van der Waals surface area contributed by atoms with E-state index in [0.29, 0.717) is 16.3 Å². The normalized spacial score (nSPS) is 10.9. The summed E-state index contributed by atoms with van der Waals surface area (Å²) in [6.45, 7) is 7.80. The van der Waals surface area contributed by atoms with E-state index in [9.17, 15) is 4.79 Å². The molecule has 1 aromatic heterocycles. The van der Waals surface area contributed by atoms with Crippen molar-refractivity contribution in [1.82, 2.24) is 9.55 Å². The molecule has 3 nitrogen and oxygen atoms in total.